The van der Waals surface area contributed by atoms with Gasteiger partial charge in [0.1, 0.15) is 16.5 Å². The number of methoxy groups -OCH3 is 1. The van der Waals surface area contributed by atoms with E-state index in [9.17, 15) is 8.42 Å². The molecule has 2 heterocycles. The molecule has 0 radical (unpaired) electrons. The Balaban J connectivity index is 1.52. The Kier molecular flexibility index (Phi) is 7.69. The molecule has 0 unspecified atom stereocenters. The van der Waals surface area contributed by atoms with Gasteiger partial charge in [0.2, 0.25) is 16.0 Å². The number of aromatic nitrogens is 2. The molecule has 0 fully saturated rings. The van der Waals surface area contributed by atoms with E-state index in [2.05, 4.69) is 25.3 Å². The number of ether oxygens (including phenoxy) is 1. The zero-order valence-corrected chi connectivity index (χ0v) is 21.2. The molecule has 4 aromatic rings. The van der Waals surface area contributed by atoms with E-state index in [0.29, 0.717) is 34.4 Å². The number of para-hydroxylation sites is 2. The van der Waals surface area contributed by atoms with Gasteiger partial charge in [0.25, 0.3) is 0 Å². The van der Waals surface area contributed by atoms with Crippen LogP contribution < -0.4 is 20.1 Å². The Bertz CT molecular complexity index is 1420. The number of thioether (sulfide) groups is 1. The summed E-state index contributed by atoms with van der Waals surface area (Å²) in [4.78, 5) is 9.71. The Morgan fingerprint density at radius 1 is 1.06 bits per heavy atom. The quantitative estimate of drug-likeness (QED) is 0.215. The second-order valence-electron chi connectivity index (χ2n) is 7.29. The van der Waals surface area contributed by atoms with Crippen molar-refractivity contribution in [2.75, 3.05) is 28.7 Å². The third-order valence-electron chi connectivity index (χ3n) is 4.60. The summed E-state index contributed by atoms with van der Waals surface area (Å²) in [5.74, 6) is 2.79. The first-order valence-corrected chi connectivity index (χ1v) is 13.5. The number of nitrogens with zero attached hydrogens (tertiary/aromatic N) is 2. The van der Waals surface area contributed by atoms with Crippen molar-refractivity contribution < 1.29 is 17.6 Å². The van der Waals surface area contributed by atoms with Crippen LogP contribution in [0.1, 0.15) is 5.76 Å². The van der Waals surface area contributed by atoms with Crippen LogP contribution in [0, 0.1) is 0 Å². The molecule has 0 saturated heterocycles. The van der Waals surface area contributed by atoms with Crippen LogP contribution in [0.5, 0.6) is 5.75 Å². The van der Waals surface area contributed by atoms with Crippen LogP contribution >= 0.6 is 23.4 Å². The van der Waals surface area contributed by atoms with Gasteiger partial charge in [-0.1, -0.05) is 23.7 Å². The number of sulfonamides is 1. The number of rotatable bonds is 10. The van der Waals surface area contributed by atoms with Gasteiger partial charge >= 0.3 is 0 Å². The first kappa shape index (κ1) is 24.7. The number of furan rings is 1. The molecule has 0 spiro atoms. The number of anilines is 5. The minimum absolute atomic E-state index is 0.265. The maximum absolute atomic E-state index is 11.7. The van der Waals surface area contributed by atoms with Gasteiger partial charge < -0.3 is 19.8 Å². The molecule has 0 saturated carbocycles. The third kappa shape index (κ3) is 6.81. The molecular weight excluding hydrogens is 510 g/mol. The van der Waals surface area contributed by atoms with Crippen LogP contribution in [0.4, 0.5) is 28.8 Å². The van der Waals surface area contributed by atoms with E-state index < -0.39 is 10.0 Å². The van der Waals surface area contributed by atoms with E-state index >= 15 is 0 Å². The van der Waals surface area contributed by atoms with E-state index in [0.717, 1.165) is 16.9 Å². The normalized spacial score (nSPS) is 11.2. The molecule has 4 rings (SSSR count). The standard InChI is InChI=1S/C23H22ClN5O4S2/c1-32-21-12-16(34-14-15-6-5-11-33-15)9-10-20(21)27-23-25-13-17(24)22(28-23)26-18-7-3-4-8-19(18)29-35(2,30)31/h3-13,29H,14H2,1-2H3,(H2,25,26,27,28). The molecule has 12 heteroatoms. The van der Waals surface area contributed by atoms with Crippen LogP contribution in [0.15, 0.2) is 76.4 Å². The zero-order valence-electron chi connectivity index (χ0n) is 18.8. The summed E-state index contributed by atoms with van der Waals surface area (Å²) in [6.45, 7) is 0. The van der Waals surface area contributed by atoms with Crippen LogP contribution in [0.2, 0.25) is 5.02 Å². The molecule has 35 heavy (non-hydrogen) atoms. The molecule has 0 aliphatic heterocycles. The topological polar surface area (TPSA) is 118 Å². The minimum atomic E-state index is -3.47. The van der Waals surface area contributed by atoms with Gasteiger partial charge in [0.05, 0.1) is 48.6 Å². The first-order valence-electron chi connectivity index (χ1n) is 10.3. The van der Waals surface area contributed by atoms with Crippen LogP contribution in [0.25, 0.3) is 0 Å². The summed E-state index contributed by atoms with van der Waals surface area (Å²) in [6, 6.07) is 16.4. The molecule has 0 aliphatic rings. The summed E-state index contributed by atoms with van der Waals surface area (Å²) in [5.41, 5.74) is 1.52. The fourth-order valence-electron chi connectivity index (χ4n) is 3.06. The first-order chi connectivity index (χ1) is 16.8. The van der Waals surface area contributed by atoms with Crippen molar-refractivity contribution in [3.05, 3.63) is 77.8 Å². The fraction of sp³-hybridized carbons (Fsp3) is 0.130. The van der Waals surface area contributed by atoms with Gasteiger partial charge in [0, 0.05) is 4.90 Å². The summed E-state index contributed by atoms with van der Waals surface area (Å²) in [5, 5.41) is 6.47. The van der Waals surface area contributed by atoms with Crippen molar-refractivity contribution in [3.63, 3.8) is 0 Å². The highest BCUT2D eigenvalue weighted by molar-refractivity contribution is 7.98. The predicted molar refractivity (Wildman–Crippen MR) is 140 cm³/mol. The van der Waals surface area contributed by atoms with Gasteiger partial charge in [-0.15, -0.1) is 11.8 Å². The molecule has 2 aromatic heterocycles. The number of benzene rings is 2. The third-order valence-corrected chi connectivity index (χ3v) is 6.48. The second-order valence-corrected chi connectivity index (χ2v) is 10.5. The lowest BCUT2D eigenvalue weighted by Crippen LogP contribution is -2.11. The second kappa shape index (κ2) is 10.9. The number of hydrogen-bond donors (Lipinski definition) is 3. The summed E-state index contributed by atoms with van der Waals surface area (Å²) in [7, 11) is -1.88. The molecular formula is C23H22ClN5O4S2. The van der Waals surface area contributed by atoms with Crippen LogP contribution in [-0.2, 0) is 15.8 Å². The lowest BCUT2D eigenvalue weighted by Gasteiger charge is -2.15. The highest BCUT2D eigenvalue weighted by atomic mass is 35.5. The minimum Gasteiger partial charge on any atom is -0.495 e. The average molecular weight is 532 g/mol. The number of hydrogen-bond acceptors (Lipinski definition) is 9. The SMILES string of the molecule is COc1cc(SCc2ccco2)ccc1Nc1ncc(Cl)c(Nc2ccccc2NS(C)(=O)=O)n1. The number of halogens is 1. The van der Waals surface area contributed by atoms with Gasteiger partial charge in [-0.2, -0.15) is 4.98 Å². The molecule has 0 atom stereocenters. The monoisotopic (exact) mass is 531 g/mol. The molecule has 3 N–H and O–H groups in total. The molecule has 0 bridgehead atoms. The molecule has 9 nitrogen and oxygen atoms in total. The van der Waals surface area contributed by atoms with Gasteiger partial charge in [-0.25, -0.2) is 13.4 Å². The Hall–Kier alpha value is -3.41. The maximum Gasteiger partial charge on any atom is 0.229 e. The van der Waals surface area contributed by atoms with Crippen molar-refractivity contribution >= 4 is 62.2 Å². The summed E-state index contributed by atoms with van der Waals surface area (Å²) < 4.78 is 36.8. The molecule has 0 aliphatic carbocycles. The van der Waals surface area contributed by atoms with E-state index in [-0.39, 0.29) is 11.0 Å². The highest BCUT2D eigenvalue weighted by Gasteiger charge is 2.13. The molecule has 0 amide bonds. The van der Waals surface area contributed by atoms with Crippen LogP contribution in [-0.4, -0.2) is 31.8 Å². The van der Waals surface area contributed by atoms with Crippen molar-refractivity contribution in [2.24, 2.45) is 0 Å². The summed E-state index contributed by atoms with van der Waals surface area (Å²) in [6.07, 6.45) is 4.18. The highest BCUT2D eigenvalue weighted by Crippen LogP contribution is 2.34. The van der Waals surface area contributed by atoms with Crippen molar-refractivity contribution in [1.29, 1.82) is 0 Å². The van der Waals surface area contributed by atoms with Crippen molar-refractivity contribution in [1.82, 2.24) is 9.97 Å². The van der Waals surface area contributed by atoms with Crippen molar-refractivity contribution in [2.45, 2.75) is 10.6 Å². The average Bonchev–Trinajstić information content (AvgIpc) is 3.34. The molecule has 182 valence electrons. The predicted octanol–water partition coefficient (Wildman–Crippen LogP) is 5.88. The van der Waals surface area contributed by atoms with Crippen molar-refractivity contribution in [3.8, 4) is 5.75 Å². The molecule has 2 aromatic carbocycles. The van der Waals surface area contributed by atoms with Gasteiger partial charge in [0.15, 0.2) is 5.82 Å². The maximum atomic E-state index is 11.7. The lowest BCUT2D eigenvalue weighted by atomic mass is 10.2. The van der Waals surface area contributed by atoms with E-state index in [1.54, 1.807) is 49.4 Å². The van der Waals surface area contributed by atoms with Gasteiger partial charge in [-0.3, -0.25) is 4.72 Å². The Labute approximate surface area is 212 Å². The fourth-order valence-corrected chi connectivity index (χ4v) is 4.60. The van der Waals surface area contributed by atoms with E-state index in [4.69, 9.17) is 20.8 Å². The van der Waals surface area contributed by atoms with E-state index in [1.165, 1.54) is 6.20 Å². The summed E-state index contributed by atoms with van der Waals surface area (Å²) >= 11 is 7.93. The Morgan fingerprint density at radius 2 is 1.86 bits per heavy atom. The number of nitrogens with one attached hydrogen (secondary N) is 3. The largest absolute Gasteiger partial charge is 0.495 e. The zero-order chi connectivity index (χ0) is 24.8. The van der Waals surface area contributed by atoms with Gasteiger partial charge in [-0.05, 0) is 42.5 Å². The van der Waals surface area contributed by atoms with E-state index in [1.807, 2.05) is 30.3 Å². The smallest absolute Gasteiger partial charge is 0.229 e. The Morgan fingerprint density at radius 3 is 2.57 bits per heavy atom. The lowest BCUT2D eigenvalue weighted by molar-refractivity contribution is 0.415. The van der Waals surface area contributed by atoms with Crippen LogP contribution in [0.3, 0.4) is 0 Å².